The Kier molecular flexibility index (Phi) is 10.7. The molecule has 0 saturated carbocycles. The molecule has 1 aliphatic heterocycles. The van der Waals surface area contributed by atoms with Crippen LogP contribution in [0.5, 0.6) is 17.2 Å². The van der Waals surface area contributed by atoms with E-state index in [0.29, 0.717) is 42.4 Å². The van der Waals surface area contributed by atoms with Gasteiger partial charge in [-0.15, -0.1) is 0 Å². The smallest absolute Gasteiger partial charge is 0.409 e. The summed E-state index contributed by atoms with van der Waals surface area (Å²) in [6.07, 6.45) is -0.454. The second-order valence-corrected chi connectivity index (χ2v) is 10.3. The Morgan fingerprint density at radius 2 is 1.43 bits per heavy atom. The van der Waals surface area contributed by atoms with Crippen molar-refractivity contribution in [3.05, 3.63) is 89.5 Å². The number of nitrogens with zero attached hydrogens (tertiary/aromatic N) is 4. The van der Waals surface area contributed by atoms with Crippen molar-refractivity contribution in [3.8, 4) is 23.3 Å². The maximum Gasteiger partial charge on any atom is 0.409 e. The predicted molar refractivity (Wildman–Crippen MR) is 166 cm³/mol. The monoisotopic (exact) mass is 600 g/mol. The average molecular weight is 601 g/mol. The molecule has 44 heavy (non-hydrogen) atoms. The Hall–Kier alpha value is -4.75. The van der Waals surface area contributed by atoms with Crippen LogP contribution in [0.2, 0.25) is 0 Å². The maximum absolute atomic E-state index is 14.1. The minimum Gasteiger partial charge on any atom is -0.493 e. The zero-order chi connectivity index (χ0) is 31.7. The van der Waals surface area contributed by atoms with Gasteiger partial charge in [-0.05, 0) is 37.1 Å². The summed E-state index contributed by atoms with van der Waals surface area (Å²) in [5.41, 5.74) is 0.838. The van der Waals surface area contributed by atoms with Crippen LogP contribution in [0, 0.1) is 11.3 Å². The number of benzene rings is 3. The second kappa shape index (κ2) is 14.6. The molecule has 1 heterocycles. The molecule has 1 saturated heterocycles. The summed E-state index contributed by atoms with van der Waals surface area (Å²) in [6, 6.07) is 24.6. The van der Waals surface area contributed by atoms with Gasteiger partial charge in [0.1, 0.15) is 6.61 Å². The Morgan fingerprint density at radius 1 is 0.886 bits per heavy atom. The molecule has 10 nitrogen and oxygen atoms in total. The summed E-state index contributed by atoms with van der Waals surface area (Å²) < 4.78 is 22.2. The van der Waals surface area contributed by atoms with Crippen LogP contribution in [0.4, 0.5) is 4.79 Å². The molecule has 2 amide bonds. The van der Waals surface area contributed by atoms with E-state index in [0.717, 1.165) is 11.1 Å². The number of methoxy groups -OCH3 is 3. The molecule has 0 N–H and O–H groups in total. The van der Waals surface area contributed by atoms with Crippen LogP contribution in [-0.4, -0.2) is 93.4 Å². The van der Waals surface area contributed by atoms with E-state index in [1.165, 1.54) is 21.3 Å². The molecule has 0 spiro atoms. The standard InChI is InChI=1S/C34H40N4O6/c1-6-36(7-2)33(40)44-23-28-22-37(34(24-35,26-14-10-8-11-15-26)27-16-12-9-13-17-27)18-19-38(28)32(39)25-20-29(41-3)31(43-5)30(21-25)42-4/h8-17,20-21,28H,6-7,18-19,22-23H2,1-5H3. The number of nitriles is 1. The number of hydrogen-bond acceptors (Lipinski definition) is 8. The third-order valence-corrected chi connectivity index (χ3v) is 8.10. The summed E-state index contributed by atoms with van der Waals surface area (Å²) in [7, 11) is 4.49. The third kappa shape index (κ3) is 6.29. The van der Waals surface area contributed by atoms with Crippen molar-refractivity contribution in [3.63, 3.8) is 0 Å². The molecule has 3 aromatic rings. The Balaban J connectivity index is 1.75. The molecule has 1 unspecified atom stereocenters. The predicted octanol–water partition coefficient (Wildman–Crippen LogP) is 4.78. The largest absolute Gasteiger partial charge is 0.493 e. The quantitative estimate of drug-likeness (QED) is 0.310. The SMILES string of the molecule is CCN(CC)C(=O)OCC1CN(C(C#N)(c2ccccc2)c2ccccc2)CCN1C(=O)c1cc(OC)c(OC)c(OC)c1. The maximum atomic E-state index is 14.1. The highest BCUT2D eigenvalue weighted by molar-refractivity contribution is 5.96. The summed E-state index contributed by atoms with van der Waals surface area (Å²) in [5.74, 6) is 0.811. The summed E-state index contributed by atoms with van der Waals surface area (Å²) >= 11 is 0. The lowest BCUT2D eigenvalue weighted by Gasteiger charge is -2.48. The van der Waals surface area contributed by atoms with Gasteiger partial charge in [-0.3, -0.25) is 9.69 Å². The van der Waals surface area contributed by atoms with Gasteiger partial charge in [0, 0.05) is 38.3 Å². The first kappa shape index (κ1) is 32.2. The average Bonchev–Trinajstić information content (AvgIpc) is 3.08. The normalized spacial score (nSPS) is 15.2. The summed E-state index contributed by atoms with van der Waals surface area (Å²) in [6.45, 7) is 5.68. The lowest BCUT2D eigenvalue weighted by molar-refractivity contribution is 0.00306. The number of hydrogen-bond donors (Lipinski definition) is 0. The van der Waals surface area contributed by atoms with Gasteiger partial charge in [0.25, 0.3) is 5.91 Å². The van der Waals surface area contributed by atoms with Gasteiger partial charge in [0.15, 0.2) is 17.0 Å². The lowest BCUT2D eigenvalue weighted by atomic mass is 9.81. The van der Waals surface area contributed by atoms with E-state index >= 15 is 0 Å². The summed E-state index contributed by atoms with van der Waals surface area (Å²) in [4.78, 5) is 32.4. The Bertz CT molecular complexity index is 1390. The lowest BCUT2D eigenvalue weighted by Crippen LogP contribution is -2.62. The van der Waals surface area contributed by atoms with Gasteiger partial charge in [-0.25, -0.2) is 4.79 Å². The minimum atomic E-state index is -1.13. The third-order valence-electron chi connectivity index (χ3n) is 8.10. The molecule has 10 heteroatoms. The number of carbonyl (C=O) groups is 2. The van der Waals surface area contributed by atoms with E-state index in [4.69, 9.17) is 18.9 Å². The molecule has 1 atom stereocenters. The van der Waals surface area contributed by atoms with Crippen molar-refractivity contribution in [2.24, 2.45) is 0 Å². The molecule has 3 aromatic carbocycles. The molecular formula is C34H40N4O6. The molecule has 1 fully saturated rings. The van der Waals surface area contributed by atoms with Gasteiger partial charge in [-0.1, -0.05) is 60.7 Å². The highest BCUT2D eigenvalue weighted by Gasteiger charge is 2.45. The van der Waals surface area contributed by atoms with Crippen LogP contribution < -0.4 is 14.2 Å². The molecule has 1 aliphatic rings. The Morgan fingerprint density at radius 3 is 1.89 bits per heavy atom. The van der Waals surface area contributed by atoms with E-state index in [9.17, 15) is 14.9 Å². The molecule has 4 rings (SSSR count). The fourth-order valence-corrected chi connectivity index (χ4v) is 5.77. The molecule has 0 radical (unpaired) electrons. The van der Waals surface area contributed by atoms with Crippen molar-refractivity contribution >= 4 is 12.0 Å². The van der Waals surface area contributed by atoms with Gasteiger partial charge >= 0.3 is 6.09 Å². The Labute approximate surface area is 259 Å². The summed E-state index contributed by atoms with van der Waals surface area (Å²) in [5, 5.41) is 10.9. The number of ether oxygens (including phenoxy) is 4. The topological polar surface area (TPSA) is 105 Å². The fourth-order valence-electron chi connectivity index (χ4n) is 5.77. The van der Waals surface area contributed by atoms with E-state index < -0.39 is 17.7 Å². The molecule has 0 bridgehead atoms. The first-order chi connectivity index (χ1) is 21.4. The van der Waals surface area contributed by atoms with Crippen LogP contribution in [0.1, 0.15) is 35.3 Å². The first-order valence-corrected chi connectivity index (χ1v) is 14.7. The number of rotatable bonds is 11. The van der Waals surface area contributed by atoms with Crippen LogP contribution in [-0.2, 0) is 10.3 Å². The van der Waals surface area contributed by atoms with Crippen LogP contribution in [0.15, 0.2) is 72.8 Å². The van der Waals surface area contributed by atoms with Crippen molar-refractivity contribution in [1.82, 2.24) is 14.7 Å². The van der Waals surface area contributed by atoms with Gasteiger partial charge < -0.3 is 28.7 Å². The molecule has 0 aliphatic carbocycles. The zero-order valence-corrected chi connectivity index (χ0v) is 26.0. The van der Waals surface area contributed by atoms with E-state index in [1.54, 1.807) is 21.9 Å². The number of amides is 2. The van der Waals surface area contributed by atoms with E-state index in [2.05, 4.69) is 11.0 Å². The molecule has 0 aromatic heterocycles. The first-order valence-electron chi connectivity index (χ1n) is 14.7. The fraction of sp³-hybridized carbons (Fsp3) is 0.382. The number of piperazine rings is 1. The second-order valence-electron chi connectivity index (χ2n) is 10.3. The van der Waals surface area contributed by atoms with Crippen LogP contribution >= 0.6 is 0 Å². The van der Waals surface area contributed by atoms with Gasteiger partial charge in [-0.2, -0.15) is 5.26 Å². The zero-order valence-electron chi connectivity index (χ0n) is 26.0. The van der Waals surface area contributed by atoms with Crippen molar-refractivity contribution in [2.75, 3.05) is 60.7 Å². The molecule has 232 valence electrons. The molecular weight excluding hydrogens is 560 g/mol. The van der Waals surface area contributed by atoms with E-state index in [-0.39, 0.29) is 25.6 Å². The van der Waals surface area contributed by atoms with Crippen LogP contribution in [0.25, 0.3) is 0 Å². The van der Waals surface area contributed by atoms with Crippen molar-refractivity contribution in [2.45, 2.75) is 25.4 Å². The van der Waals surface area contributed by atoms with Crippen molar-refractivity contribution < 1.29 is 28.5 Å². The van der Waals surface area contributed by atoms with Crippen LogP contribution in [0.3, 0.4) is 0 Å². The highest BCUT2D eigenvalue weighted by atomic mass is 16.6. The number of carbonyl (C=O) groups excluding carboxylic acids is 2. The van der Waals surface area contributed by atoms with Crippen molar-refractivity contribution in [1.29, 1.82) is 5.26 Å². The highest BCUT2D eigenvalue weighted by Crippen LogP contribution is 2.40. The minimum absolute atomic E-state index is 0.0485. The van der Waals surface area contributed by atoms with Gasteiger partial charge in [0.2, 0.25) is 5.75 Å². The van der Waals surface area contributed by atoms with E-state index in [1.807, 2.05) is 74.5 Å². The van der Waals surface area contributed by atoms with Gasteiger partial charge in [0.05, 0.1) is 33.4 Å².